The topological polar surface area (TPSA) is 208 Å². The van der Waals surface area contributed by atoms with Gasteiger partial charge in [-0.15, -0.1) is 0 Å². The van der Waals surface area contributed by atoms with E-state index in [2.05, 4.69) is 32.8 Å². The lowest BCUT2D eigenvalue weighted by Crippen LogP contribution is -2.50. The molecule has 0 bridgehead atoms. The SMILES string of the molecule is C1CSCS1.C=C/C=C\C(CNC(=O)[C@H](CCC)NC(=O)[C@@H](CC[C@H](CC1CCCCC1)NC(=O)CNC(=O)[C@H](Cc1ccccc1)OC(=O)N(C)CCC(=O)N1CCOCC1)C(C)C)=NC.CC.CO. The molecule has 6 amide bonds. The van der Waals surface area contributed by atoms with Crippen LogP contribution in [0.3, 0.4) is 0 Å². The van der Waals surface area contributed by atoms with E-state index in [1.165, 1.54) is 35.0 Å². The number of hydrogen-bond donors (Lipinski definition) is 5. The summed E-state index contributed by atoms with van der Waals surface area (Å²) in [6.07, 6.45) is 11.9. The molecule has 4 rings (SSSR count). The predicted octanol–water partition coefficient (Wildman–Crippen LogP) is 6.81. The monoisotopic (exact) mass is 1030 g/mol. The lowest BCUT2D eigenvalue weighted by molar-refractivity contribution is -0.135. The van der Waals surface area contributed by atoms with Crippen LogP contribution in [0.2, 0.25) is 0 Å². The summed E-state index contributed by atoms with van der Waals surface area (Å²) in [5.74, 6) is 1.20. The van der Waals surface area contributed by atoms with Crippen LogP contribution in [-0.4, -0.2) is 158 Å². The minimum absolute atomic E-state index is 0.0258. The Balaban J connectivity index is 0.00000256. The fourth-order valence-electron chi connectivity index (χ4n) is 8.16. The lowest BCUT2D eigenvalue weighted by atomic mass is 9.82. The molecule has 402 valence electrons. The first kappa shape index (κ1) is 64.6. The Morgan fingerprint density at radius 2 is 1.56 bits per heavy atom. The van der Waals surface area contributed by atoms with E-state index >= 15 is 0 Å². The number of benzene rings is 1. The van der Waals surface area contributed by atoms with E-state index in [0.29, 0.717) is 63.6 Å². The number of nitrogens with one attached hydrogen (secondary N) is 4. The first-order valence-electron chi connectivity index (χ1n) is 25.7. The third kappa shape index (κ3) is 27.9. The molecule has 5 N–H and O–H groups in total. The van der Waals surface area contributed by atoms with Crippen LogP contribution in [0.5, 0.6) is 0 Å². The first-order chi connectivity index (χ1) is 34.3. The molecule has 2 heterocycles. The van der Waals surface area contributed by atoms with Crippen molar-refractivity contribution in [1.82, 2.24) is 31.1 Å². The van der Waals surface area contributed by atoms with Gasteiger partial charge in [0.25, 0.3) is 5.91 Å². The average Bonchev–Trinajstić information content (AvgIpc) is 4.00. The molecule has 1 saturated carbocycles. The third-order valence-electron chi connectivity index (χ3n) is 12.1. The third-order valence-corrected chi connectivity index (χ3v) is 14.7. The molecule has 0 radical (unpaired) electrons. The van der Waals surface area contributed by atoms with Crippen LogP contribution in [0.1, 0.15) is 111 Å². The van der Waals surface area contributed by atoms with E-state index < -0.39 is 30.1 Å². The molecule has 18 heteroatoms. The van der Waals surface area contributed by atoms with E-state index in [-0.39, 0.29) is 68.1 Å². The maximum absolute atomic E-state index is 13.8. The van der Waals surface area contributed by atoms with Crippen molar-refractivity contribution >= 4 is 64.9 Å². The molecule has 1 aliphatic carbocycles. The molecular weight excluding hydrogens is 943 g/mol. The van der Waals surface area contributed by atoms with Gasteiger partial charge in [0.2, 0.25) is 23.6 Å². The normalized spacial score (nSPS) is 16.5. The van der Waals surface area contributed by atoms with E-state index in [0.717, 1.165) is 44.8 Å². The summed E-state index contributed by atoms with van der Waals surface area (Å²) >= 11 is 4.07. The molecule has 3 fully saturated rings. The second kappa shape index (κ2) is 40.1. The molecule has 2 aliphatic heterocycles. The lowest BCUT2D eigenvalue weighted by Gasteiger charge is -2.29. The van der Waals surface area contributed by atoms with Gasteiger partial charge in [0, 0.05) is 82.2 Å². The maximum atomic E-state index is 13.8. The number of carbonyl (C=O) groups is 6. The van der Waals surface area contributed by atoms with E-state index in [1.54, 1.807) is 30.2 Å². The number of morpholine rings is 1. The van der Waals surface area contributed by atoms with Crippen molar-refractivity contribution in [2.24, 2.45) is 22.7 Å². The summed E-state index contributed by atoms with van der Waals surface area (Å²) in [5.41, 5.74) is 1.44. The second-order valence-corrected chi connectivity index (χ2v) is 20.3. The zero-order chi connectivity index (χ0) is 52.8. The Labute approximate surface area is 434 Å². The van der Waals surface area contributed by atoms with Gasteiger partial charge >= 0.3 is 6.09 Å². The van der Waals surface area contributed by atoms with Crippen molar-refractivity contribution in [2.45, 2.75) is 130 Å². The minimum Gasteiger partial charge on any atom is -0.436 e. The van der Waals surface area contributed by atoms with Crippen LogP contribution in [0, 0.1) is 17.8 Å². The number of ether oxygens (including phenoxy) is 2. The number of thioether (sulfide) groups is 2. The molecule has 0 aromatic heterocycles. The van der Waals surface area contributed by atoms with Gasteiger partial charge in [0.05, 0.1) is 32.0 Å². The van der Waals surface area contributed by atoms with Gasteiger partial charge in [0.15, 0.2) is 6.10 Å². The number of allylic oxidation sites excluding steroid dienone is 2. The standard InChI is InChI=1S/C47H73N7O8.C3H6S2.C2H6.CH4O/c1-7-9-21-38(48-5)32-49-45(58)40(16-8-2)52-44(57)39(34(3)4)23-22-37(30-35-17-12-10-13-18-35)51-42(55)33-50-46(59)41(31-36-19-14-11-15-20-36)62-47(60)53(6)25-24-43(56)54-26-28-61-29-27-54;1-2-5-3-4-1;2*1-2/h7,9,11,14-15,19-21,34-35,37,39-41H,1,8,10,12-13,16-18,22-33H2,2-6H3,(H,49,58)(H,50,59)(H,51,55)(H,52,57);1-3H2;1-2H3;2H,1H3/b21-9-,48-38?;;;/t37-,39+,40+,41+;;;/m1.../s1. The van der Waals surface area contributed by atoms with Gasteiger partial charge < -0.3 is 45.6 Å². The summed E-state index contributed by atoms with van der Waals surface area (Å²) in [6, 6.07) is 8.21. The summed E-state index contributed by atoms with van der Waals surface area (Å²) < 4.78 is 11.0. The van der Waals surface area contributed by atoms with Crippen molar-refractivity contribution in [3.63, 3.8) is 0 Å². The number of aliphatic hydroxyl groups is 1. The van der Waals surface area contributed by atoms with Crippen molar-refractivity contribution in [1.29, 1.82) is 0 Å². The Morgan fingerprint density at radius 1 is 0.915 bits per heavy atom. The van der Waals surface area contributed by atoms with Gasteiger partial charge in [-0.25, -0.2) is 4.79 Å². The molecule has 4 atom stereocenters. The highest BCUT2D eigenvalue weighted by atomic mass is 32.2. The number of rotatable bonds is 25. The Morgan fingerprint density at radius 3 is 2.14 bits per heavy atom. The van der Waals surface area contributed by atoms with Crippen molar-refractivity contribution in [3.8, 4) is 0 Å². The number of aliphatic hydroxyl groups excluding tert-OH is 1. The number of amides is 6. The molecule has 0 unspecified atom stereocenters. The Kier molecular flexibility index (Phi) is 36.5. The summed E-state index contributed by atoms with van der Waals surface area (Å²) in [7, 11) is 4.17. The summed E-state index contributed by atoms with van der Waals surface area (Å²) in [4.78, 5) is 87.3. The number of hydrogen-bond acceptors (Lipinski definition) is 12. The maximum Gasteiger partial charge on any atom is 0.410 e. The molecule has 2 saturated heterocycles. The second-order valence-electron chi connectivity index (χ2n) is 17.7. The fourth-order valence-corrected chi connectivity index (χ4v) is 10.5. The van der Waals surface area contributed by atoms with Crippen LogP contribution in [-0.2, 0) is 39.9 Å². The van der Waals surface area contributed by atoms with Gasteiger partial charge in [0.1, 0.15) is 6.04 Å². The Hall–Kier alpha value is -4.39. The van der Waals surface area contributed by atoms with E-state index in [4.69, 9.17) is 14.6 Å². The largest absolute Gasteiger partial charge is 0.436 e. The number of aliphatic imine (C=N–C) groups is 1. The molecule has 1 aromatic rings. The van der Waals surface area contributed by atoms with Gasteiger partial charge in [-0.3, -0.25) is 29.0 Å². The molecule has 3 aliphatic rings. The highest BCUT2D eigenvalue weighted by molar-refractivity contribution is 8.19. The van der Waals surface area contributed by atoms with Crippen LogP contribution < -0.4 is 21.3 Å². The summed E-state index contributed by atoms with van der Waals surface area (Å²) in [6.45, 7) is 15.6. The van der Waals surface area contributed by atoms with E-state index in [9.17, 15) is 28.8 Å². The average molecular weight is 1030 g/mol. The van der Waals surface area contributed by atoms with Crippen LogP contribution in [0.15, 0.2) is 60.1 Å². The smallest absolute Gasteiger partial charge is 0.410 e. The van der Waals surface area contributed by atoms with Crippen LogP contribution in [0.4, 0.5) is 4.79 Å². The number of carbonyl (C=O) groups excluding carboxylic acids is 6. The quantitative estimate of drug-likeness (QED) is 0.0508. The molecule has 16 nitrogen and oxygen atoms in total. The first-order valence-corrected chi connectivity index (χ1v) is 28.0. The Bertz CT molecular complexity index is 1730. The highest BCUT2D eigenvalue weighted by Crippen LogP contribution is 2.29. The molecule has 71 heavy (non-hydrogen) atoms. The predicted molar refractivity (Wildman–Crippen MR) is 291 cm³/mol. The van der Waals surface area contributed by atoms with Crippen molar-refractivity contribution in [3.05, 3.63) is 60.7 Å². The molecular formula is C53H89N7O9S2. The van der Waals surface area contributed by atoms with Crippen molar-refractivity contribution in [2.75, 3.05) is 83.7 Å². The van der Waals surface area contributed by atoms with E-state index in [1.807, 2.05) is 88.5 Å². The zero-order valence-corrected chi connectivity index (χ0v) is 45.9. The van der Waals surface area contributed by atoms with Crippen LogP contribution >= 0.6 is 23.5 Å². The van der Waals surface area contributed by atoms with Gasteiger partial charge in [-0.2, -0.15) is 23.5 Å². The number of nitrogens with zero attached hydrogens (tertiary/aromatic N) is 3. The highest BCUT2D eigenvalue weighted by Gasteiger charge is 2.31. The minimum atomic E-state index is -1.23. The van der Waals surface area contributed by atoms with Crippen molar-refractivity contribution < 1.29 is 43.3 Å². The molecule has 0 spiro atoms. The molecule has 1 aromatic carbocycles. The zero-order valence-electron chi connectivity index (χ0n) is 44.2. The summed E-state index contributed by atoms with van der Waals surface area (Å²) in [5, 5.41) is 20.1. The van der Waals surface area contributed by atoms with Gasteiger partial charge in [-0.1, -0.05) is 122 Å². The fraction of sp³-hybridized carbons (Fsp3) is 0.679. The van der Waals surface area contributed by atoms with Gasteiger partial charge in [-0.05, 0) is 49.2 Å². The van der Waals surface area contributed by atoms with Crippen LogP contribution in [0.25, 0.3) is 0 Å².